The predicted molar refractivity (Wildman–Crippen MR) is 76.5 cm³/mol. The van der Waals surface area contributed by atoms with E-state index in [0.717, 1.165) is 6.07 Å². The Morgan fingerprint density at radius 2 is 1.82 bits per heavy atom. The van der Waals surface area contributed by atoms with E-state index in [-0.39, 0.29) is 16.5 Å². The van der Waals surface area contributed by atoms with Gasteiger partial charge in [-0.1, -0.05) is 0 Å². The summed E-state index contributed by atoms with van der Waals surface area (Å²) in [7, 11) is 0. The molecule has 1 heterocycles. The number of benzene rings is 1. The van der Waals surface area contributed by atoms with E-state index in [0.29, 0.717) is 26.2 Å². The van der Waals surface area contributed by atoms with Crippen LogP contribution in [0.1, 0.15) is 24.4 Å². The summed E-state index contributed by atoms with van der Waals surface area (Å²) < 4.78 is 66.1. The first-order valence-corrected chi connectivity index (χ1v) is 7.74. The Morgan fingerprint density at radius 1 is 1.18 bits per heavy atom. The Labute approximate surface area is 133 Å². The number of nitrogens with one attached hydrogen (secondary N) is 1. The largest absolute Gasteiger partial charge is 0.389 e. The molecule has 8 heteroatoms. The van der Waals surface area contributed by atoms with Crippen LogP contribution in [0.5, 0.6) is 0 Å². The topological polar surface area (TPSA) is 15.3 Å². The molecule has 0 unspecified atom stereocenters. The fraction of sp³-hybridized carbons (Fsp3) is 0.571. The van der Waals surface area contributed by atoms with E-state index < -0.39 is 30.3 Å². The summed E-state index contributed by atoms with van der Waals surface area (Å²) in [6.07, 6.45) is -5.80. The average Bonchev–Trinajstić information content (AvgIpc) is 2.46. The lowest BCUT2D eigenvalue weighted by Crippen LogP contribution is -2.45. The van der Waals surface area contributed by atoms with Crippen molar-refractivity contribution in [3.05, 3.63) is 33.8 Å². The normalized spacial score (nSPS) is 18.5. The number of hydrogen-bond acceptors (Lipinski definition) is 2. The van der Waals surface area contributed by atoms with Gasteiger partial charge in [-0.3, -0.25) is 4.90 Å². The molecule has 2 nitrogen and oxygen atoms in total. The minimum atomic E-state index is -4.36. The van der Waals surface area contributed by atoms with Crippen LogP contribution in [0.25, 0.3) is 0 Å². The number of alkyl halides is 3. The number of nitrogens with zero attached hydrogens (tertiary/aromatic N) is 1. The number of rotatable bonds is 4. The first-order valence-electron chi connectivity index (χ1n) is 6.94. The third-order valence-electron chi connectivity index (χ3n) is 3.71. The Bertz CT molecular complexity index is 515. The van der Waals surface area contributed by atoms with Crippen molar-refractivity contribution in [1.29, 1.82) is 0 Å². The quantitative estimate of drug-likeness (QED) is 0.621. The van der Waals surface area contributed by atoms with E-state index in [9.17, 15) is 22.0 Å². The lowest BCUT2D eigenvalue weighted by Gasteiger charge is -2.35. The van der Waals surface area contributed by atoms with Crippen molar-refractivity contribution in [1.82, 2.24) is 10.2 Å². The third-order valence-corrected chi connectivity index (χ3v) is 4.32. The zero-order valence-corrected chi connectivity index (χ0v) is 13.3. The summed E-state index contributed by atoms with van der Waals surface area (Å²) in [4.78, 5) is 1.70. The van der Waals surface area contributed by atoms with Crippen LogP contribution in [0.2, 0.25) is 0 Å². The van der Waals surface area contributed by atoms with E-state index in [2.05, 4.69) is 21.2 Å². The van der Waals surface area contributed by atoms with Gasteiger partial charge >= 0.3 is 6.18 Å². The molecule has 0 aromatic heterocycles. The van der Waals surface area contributed by atoms with Gasteiger partial charge in [-0.25, -0.2) is 8.78 Å². The van der Waals surface area contributed by atoms with Crippen LogP contribution >= 0.6 is 15.9 Å². The second-order valence-corrected chi connectivity index (χ2v) is 6.07. The maximum Gasteiger partial charge on any atom is 0.389 e. The molecule has 22 heavy (non-hydrogen) atoms. The molecule has 1 atom stereocenters. The molecule has 0 aliphatic carbocycles. The molecule has 0 radical (unpaired) electrons. The molecule has 1 saturated heterocycles. The molecule has 2 rings (SSSR count). The molecule has 0 bridgehead atoms. The molecular formula is C14H16BrF5N2. The second kappa shape index (κ2) is 7.23. The van der Waals surface area contributed by atoms with Crippen molar-refractivity contribution in [3.8, 4) is 0 Å². The number of halogens is 6. The summed E-state index contributed by atoms with van der Waals surface area (Å²) in [6.45, 7) is 2.07. The SMILES string of the molecule is Fc1ccc(Br)c(F)c1[C@@H](CCC(F)(F)F)N1CCNCC1. The maximum absolute atomic E-state index is 14.3. The Kier molecular flexibility index (Phi) is 5.79. The lowest BCUT2D eigenvalue weighted by molar-refractivity contribution is -0.138. The van der Waals surface area contributed by atoms with Gasteiger partial charge in [0.25, 0.3) is 0 Å². The van der Waals surface area contributed by atoms with Gasteiger partial charge < -0.3 is 5.32 Å². The Morgan fingerprint density at radius 3 is 2.41 bits per heavy atom. The van der Waals surface area contributed by atoms with Crippen molar-refractivity contribution in [3.63, 3.8) is 0 Å². The molecule has 0 spiro atoms. The molecule has 124 valence electrons. The highest BCUT2D eigenvalue weighted by molar-refractivity contribution is 9.10. The van der Waals surface area contributed by atoms with Gasteiger partial charge in [0.15, 0.2) is 0 Å². The zero-order chi connectivity index (χ0) is 16.3. The van der Waals surface area contributed by atoms with Gasteiger partial charge in [-0.05, 0) is 34.5 Å². The van der Waals surface area contributed by atoms with Crippen LogP contribution in [0, 0.1) is 11.6 Å². The summed E-state index contributed by atoms with van der Waals surface area (Å²) in [6, 6.07) is 1.36. The van der Waals surface area contributed by atoms with Crippen LogP contribution < -0.4 is 5.32 Å². The predicted octanol–water partition coefficient (Wildman–Crippen LogP) is 4.02. The van der Waals surface area contributed by atoms with Gasteiger partial charge in [0, 0.05) is 44.2 Å². The minimum absolute atomic E-state index is 0.0519. The molecule has 1 aromatic rings. The first kappa shape index (κ1) is 17.6. The highest BCUT2D eigenvalue weighted by Gasteiger charge is 2.34. The molecule has 0 amide bonds. The standard InChI is InChI=1S/C14H16BrF5N2/c15-9-1-2-10(16)12(13(9)17)11(3-4-14(18,19)20)22-7-5-21-6-8-22/h1-2,11,21H,3-8H2/t11-/m1/s1. The van der Waals surface area contributed by atoms with Gasteiger partial charge in [0.2, 0.25) is 0 Å². The summed E-state index contributed by atoms with van der Waals surface area (Å²) in [5.41, 5.74) is -0.291. The van der Waals surface area contributed by atoms with Gasteiger partial charge in [0.05, 0.1) is 4.47 Å². The molecular weight excluding hydrogens is 371 g/mol. The van der Waals surface area contributed by atoms with Crippen molar-refractivity contribution >= 4 is 15.9 Å². The highest BCUT2D eigenvalue weighted by Crippen LogP contribution is 2.36. The maximum atomic E-state index is 14.3. The van der Waals surface area contributed by atoms with Crippen LogP contribution in [0.15, 0.2) is 16.6 Å². The highest BCUT2D eigenvalue weighted by atomic mass is 79.9. The van der Waals surface area contributed by atoms with Crippen LogP contribution in [-0.4, -0.2) is 37.3 Å². The zero-order valence-electron chi connectivity index (χ0n) is 11.7. The molecule has 0 saturated carbocycles. The average molecular weight is 387 g/mol. The summed E-state index contributed by atoms with van der Waals surface area (Å²) in [5.74, 6) is -1.64. The number of hydrogen-bond donors (Lipinski definition) is 1. The van der Waals surface area contributed by atoms with Crippen LogP contribution in [0.3, 0.4) is 0 Å². The van der Waals surface area contributed by atoms with E-state index >= 15 is 0 Å². The van der Waals surface area contributed by atoms with E-state index in [1.54, 1.807) is 4.90 Å². The van der Waals surface area contributed by atoms with E-state index in [1.165, 1.54) is 6.07 Å². The smallest absolute Gasteiger partial charge is 0.314 e. The van der Waals surface area contributed by atoms with Crippen molar-refractivity contribution in [2.24, 2.45) is 0 Å². The molecule has 1 aliphatic rings. The van der Waals surface area contributed by atoms with E-state index in [4.69, 9.17) is 0 Å². The van der Waals surface area contributed by atoms with Gasteiger partial charge in [-0.15, -0.1) is 0 Å². The monoisotopic (exact) mass is 386 g/mol. The van der Waals surface area contributed by atoms with Crippen molar-refractivity contribution in [2.45, 2.75) is 25.1 Å². The molecule has 1 fully saturated rings. The fourth-order valence-electron chi connectivity index (χ4n) is 2.65. The molecule has 1 N–H and O–H groups in total. The van der Waals surface area contributed by atoms with Crippen LogP contribution in [0.4, 0.5) is 22.0 Å². The lowest BCUT2D eigenvalue weighted by atomic mass is 9.98. The van der Waals surface area contributed by atoms with Gasteiger partial charge in [0.1, 0.15) is 11.6 Å². The minimum Gasteiger partial charge on any atom is -0.314 e. The van der Waals surface area contributed by atoms with E-state index in [1.807, 2.05) is 0 Å². The third kappa shape index (κ3) is 4.39. The fourth-order valence-corrected chi connectivity index (χ4v) is 3.00. The Balaban J connectivity index is 2.32. The van der Waals surface area contributed by atoms with Crippen molar-refractivity contribution in [2.75, 3.05) is 26.2 Å². The number of piperazine rings is 1. The molecule has 1 aliphatic heterocycles. The molecule has 1 aromatic carbocycles. The van der Waals surface area contributed by atoms with Gasteiger partial charge in [-0.2, -0.15) is 13.2 Å². The van der Waals surface area contributed by atoms with Crippen LogP contribution in [-0.2, 0) is 0 Å². The van der Waals surface area contributed by atoms with Crippen molar-refractivity contribution < 1.29 is 22.0 Å². The second-order valence-electron chi connectivity index (χ2n) is 5.21. The first-order chi connectivity index (χ1) is 10.3. The summed E-state index contributed by atoms with van der Waals surface area (Å²) >= 11 is 2.97. The summed E-state index contributed by atoms with van der Waals surface area (Å²) in [5, 5.41) is 3.07. The Hall–Kier alpha value is -0.730.